The molecule has 1 aromatic rings. The van der Waals surface area contributed by atoms with Gasteiger partial charge >= 0.3 is 6.61 Å². The molecule has 1 aromatic carbocycles. The number of nitrogens with one attached hydrogen (secondary N) is 2. The molecule has 0 saturated carbocycles. The van der Waals surface area contributed by atoms with Gasteiger partial charge in [-0.3, -0.25) is 4.99 Å². The van der Waals surface area contributed by atoms with Crippen molar-refractivity contribution in [1.82, 2.24) is 10.6 Å². The summed E-state index contributed by atoms with van der Waals surface area (Å²) < 4.78 is 35.6. The Hall–Kier alpha value is -1.70. The molecule has 1 aliphatic rings. The highest BCUT2D eigenvalue weighted by Gasteiger charge is 2.16. The Morgan fingerprint density at radius 3 is 2.88 bits per heavy atom. The Morgan fingerprint density at radius 2 is 2.23 bits per heavy atom. The van der Waals surface area contributed by atoms with E-state index in [0.717, 1.165) is 13.0 Å². The van der Waals surface area contributed by atoms with E-state index in [1.807, 2.05) is 18.7 Å². The van der Waals surface area contributed by atoms with E-state index in [0.29, 0.717) is 35.7 Å². The lowest BCUT2D eigenvalue weighted by Gasteiger charge is -2.17. The largest absolute Gasteiger partial charge is 0.493 e. The Labute approximate surface area is 157 Å². The number of ether oxygens (including phenoxy) is 2. The second-order valence-electron chi connectivity index (χ2n) is 5.94. The summed E-state index contributed by atoms with van der Waals surface area (Å²) in [5.41, 5.74) is 0.618. The minimum absolute atomic E-state index is 0.114. The number of halogens is 2. The van der Waals surface area contributed by atoms with Crippen LogP contribution in [0.15, 0.2) is 23.2 Å². The zero-order chi connectivity index (χ0) is 18.8. The van der Waals surface area contributed by atoms with Crippen molar-refractivity contribution in [2.45, 2.75) is 44.6 Å². The molecule has 5 nitrogen and oxygen atoms in total. The summed E-state index contributed by atoms with van der Waals surface area (Å²) in [6.45, 7) is 0.799. The van der Waals surface area contributed by atoms with Gasteiger partial charge in [0.2, 0.25) is 0 Å². The third kappa shape index (κ3) is 6.90. The molecule has 8 heteroatoms. The summed E-state index contributed by atoms with van der Waals surface area (Å²) in [6.07, 6.45) is 3.31. The normalized spacial score (nSPS) is 17.4. The van der Waals surface area contributed by atoms with Gasteiger partial charge in [-0.2, -0.15) is 20.5 Å². The summed E-state index contributed by atoms with van der Waals surface area (Å²) >= 11 is 1.96. The zero-order valence-corrected chi connectivity index (χ0v) is 16.1. The first-order valence-electron chi connectivity index (χ1n) is 8.89. The molecule has 1 aliphatic heterocycles. The van der Waals surface area contributed by atoms with Crippen LogP contribution in [0.3, 0.4) is 0 Å². The van der Waals surface area contributed by atoms with Crippen molar-refractivity contribution >= 4 is 17.7 Å². The van der Waals surface area contributed by atoms with Crippen LogP contribution in [0.4, 0.5) is 8.78 Å². The van der Waals surface area contributed by atoms with Gasteiger partial charge in [0.05, 0.1) is 6.61 Å². The van der Waals surface area contributed by atoms with Gasteiger partial charge in [0.25, 0.3) is 0 Å². The highest BCUT2D eigenvalue weighted by atomic mass is 32.2. The quantitative estimate of drug-likeness (QED) is 0.501. The second kappa shape index (κ2) is 11.1. The molecule has 2 N–H and O–H groups in total. The molecular weight excluding hydrogens is 360 g/mol. The molecule has 0 spiro atoms. The molecule has 1 atom stereocenters. The van der Waals surface area contributed by atoms with E-state index in [1.54, 1.807) is 19.2 Å². The Morgan fingerprint density at radius 1 is 1.38 bits per heavy atom. The van der Waals surface area contributed by atoms with Gasteiger partial charge in [-0.1, -0.05) is 6.92 Å². The van der Waals surface area contributed by atoms with Gasteiger partial charge in [-0.15, -0.1) is 0 Å². The molecule has 146 valence electrons. The Kier molecular flexibility index (Phi) is 8.80. The lowest BCUT2D eigenvalue weighted by atomic mass is 10.2. The fourth-order valence-electron chi connectivity index (χ4n) is 2.61. The van der Waals surface area contributed by atoms with Gasteiger partial charge < -0.3 is 20.1 Å². The fraction of sp³-hybridized carbons (Fsp3) is 0.611. The first-order valence-corrected chi connectivity index (χ1v) is 9.94. The van der Waals surface area contributed by atoms with E-state index in [4.69, 9.17) is 4.74 Å². The highest BCUT2D eigenvalue weighted by molar-refractivity contribution is 8.00. The van der Waals surface area contributed by atoms with E-state index in [9.17, 15) is 8.78 Å². The van der Waals surface area contributed by atoms with Crippen LogP contribution in [-0.4, -0.2) is 43.8 Å². The molecule has 0 aromatic heterocycles. The van der Waals surface area contributed by atoms with Crippen LogP contribution in [0.5, 0.6) is 11.5 Å². The maximum Gasteiger partial charge on any atom is 0.387 e. The first-order chi connectivity index (χ1) is 12.6. The minimum Gasteiger partial charge on any atom is -0.493 e. The van der Waals surface area contributed by atoms with Crippen LogP contribution < -0.4 is 20.1 Å². The van der Waals surface area contributed by atoms with Crippen molar-refractivity contribution in [1.29, 1.82) is 0 Å². The molecule has 0 amide bonds. The molecule has 2 rings (SSSR count). The first kappa shape index (κ1) is 20.6. The number of aliphatic imine (C=N–C) groups is 1. The number of rotatable bonds is 9. The summed E-state index contributed by atoms with van der Waals surface area (Å²) in [5.74, 6) is 2.49. The van der Waals surface area contributed by atoms with Crippen LogP contribution in [0, 0.1) is 0 Å². The van der Waals surface area contributed by atoms with Crippen LogP contribution in [0.2, 0.25) is 0 Å². The van der Waals surface area contributed by atoms with Crippen molar-refractivity contribution in [3.63, 3.8) is 0 Å². The predicted octanol–water partition coefficient (Wildman–Crippen LogP) is 3.64. The maximum atomic E-state index is 12.7. The fourth-order valence-corrected chi connectivity index (χ4v) is 3.81. The van der Waals surface area contributed by atoms with Crippen molar-refractivity contribution in [3.05, 3.63) is 23.8 Å². The van der Waals surface area contributed by atoms with E-state index in [-0.39, 0.29) is 5.75 Å². The number of guanidine groups is 1. The van der Waals surface area contributed by atoms with E-state index in [1.165, 1.54) is 24.7 Å². The molecule has 1 heterocycles. The predicted molar refractivity (Wildman–Crippen MR) is 103 cm³/mol. The molecule has 26 heavy (non-hydrogen) atoms. The monoisotopic (exact) mass is 387 g/mol. The summed E-state index contributed by atoms with van der Waals surface area (Å²) in [4.78, 5) is 4.18. The Balaban J connectivity index is 1.94. The third-order valence-corrected chi connectivity index (χ3v) is 5.32. The van der Waals surface area contributed by atoms with Crippen molar-refractivity contribution < 1.29 is 18.3 Å². The lowest BCUT2D eigenvalue weighted by Crippen LogP contribution is -2.39. The Bertz CT molecular complexity index is 582. The van der Waals surface area contributed by atoms with Crippen LogP contribution in [0.1, 0.15) is 31.7 Å². The zero-order valence-electron chi connectivity index (χ0n) is 15.3. The number of thioether (sulfide) groups is 1. The van der Waals surface area contributed by atoms with Gasteiger partial charge in [0.15, 0.2) is 5.96 Å². The van der Waals surface area contributed by atoms with E-state index in [2.05, 4.69) is 20.4 Å². The third-order valence-electron chi connectivity index (χ3n) is 3.92. The molecule has 0 radical (unpaired) electrons. The molecule has 1 unspecified atom stereocenters. The summed E-state index contributed by atoms with van der Waals surface area (Å²) in [5, 5.41) is 7.03. The number of alkyl halides is 2. The molecule has 0 bridgehead atoms. The molecule has 1 fully saturated rings. The maximum absolute atomic E-state index is 12.7. The number of benzene rings is 1. The number of nitrogens with zero attached hydrogens (tertiary/aromatic N) is 1. The van der Waals surface area contributed by atoms with Crippen LogP contribution >= 0.6 is 11.8 Å². The summed E-state index contributed by atoms with van der Waals surface area (Å²) in [6, 6.07) is 5.00. The van der Waals surface area contributed by atoms with Gasteiger partial charge in [0, 0.05) is 37.0 Å². The van der Waals surface area contributed by atoms with Crippen molar-refractivity contribution in [2.24, 2.45) is 4.99 Å². The number of hydrogen-bond donors (Lipinski definition) is 2. The topological polar surface area (TPSA) is 54.9 Å². The number of hydrogen-bond acceptors (Lipinski definition) is 4. The standard InChI is InChI=1S/C18H27F2N3O2S/c1-3-8-24-14-7-6-13(16(10-14)25-17(19)20)11-22-18(21-2)23-12-15-5-4-9-26-15/h6-7,10,15,17H,3-5,8-9,11-12H2,1-2H3,(H2,21,22,23). The van der Waals surface area contributed by atoms with Gasteiger partial charge in [-0.05, 0) is 37.1 Å². The average Bonchev–Trinajstić information content (AvgIpc) is 3.14. The smallest absolute Gasteiger partial charge is 0.387 e. The summed E-state index contributed by atoms with van der Waals surface area (Å²) in [7, 11) is 1.69. The van der Waals surface area contributed by atoms with Crippen molar-refractivity contribution in [2.75, 3.05) is 26.0 Å². The SMILES string of the molecule is CCCOc1ccc(CNC(=NC)NCC2CCCS2)c(OC(F)F)c1. The average molecular weight is 387 g/mol. The van der Waals surface area contributed by atoms with Gasteiger partial charge in [0.1, 0.15) is 11.5 Å². The van der Waals surface area contributed by atoms with Crippen molar-refractivity contribution in [3.8, 4) is 11.5 Å². The van der Waals surface area contributed by atoms with E-state index < -0.39 is 6.61 Å². The highest BCUT2D eigenvalue weighted by Crippen LogP contribution is 2.27. The van der Waals surface area contributed by atoms with Crippen LogP contribution in [0.25, 0.3) is 0 Å². The minimum atomic E-state index is -2.88. The van der Waals surface area contributed by atoms with Crippen LogP contribution in [-0.2, 0) is 6.54 Å². The molecule has 0 aliphatic carbocycles. The van der Waals surface area contributed by atoms with E-state index >= 15 is 0 Å². The second-order valence-corrected chi connectivity index (χ2v) is 7.35. The lowest BCUT2D eigenvalue weighted by molar-refractivity contribution is -0.0505. The molecule has 1 saturated heterocycles. The molecular formula is C18H27F2N3O2S. The van der Waals surface area contributed by atoms with Gasteiger partial charge in [-0.25, -0.2) is 0 Å².